The molecule has 2 aliphatic rings. The highest BCUT2D eigenvalue weighted by molar-refractivity contribution is 7.48. The summed E-state index contributed by atoms with van der Waals surface area (Å²) in [6, 6.07) is 0. The Labute approximate surface area is 221 Å². The van der Waals surface area contributed by atoms with Crippen LogP contribution in [0.15, 0.2) is 24.7 Å². The highest BCUT2D eigenvalue weighted by atomic mass is 31.2. The summed E-state index contributed by atoms with van der Waals surface area (Å²) in [7, 11) is -4.61. The number of hydrogen-bond donors (Lipinski definition) is 3. The summed E-state index contributed by atoms with van der Waals surface area (Å²) < 4.78 is 59.4. The second-order valence-electron chi connectivity index (χ2n) is 11.1. The van der Waals surface area contributed by atoms with Crippen molar-refractivity contribution in [3.63, 3.8) is 0 Å². The monoisotopic (exact) mass is 568 g/mol. The zero-order chi connectivity index (χ0) is 29.1. The zero-order valence-corrected chi connectivity index (χ0v) is 23.5. The number of halogens is 1. The van der Waals surface area contributed by atoms with Gasteiger partial charge in [-0.15, -0.1) is 0 Å². The smallest absolute Gasteiger partial charge is 0.437 e. The van der Waals surface area contributed by atoms with E-state index >= 15 is 4.39 Å². The van der Waals surface area contributed by atoms with Crippen molar-refractivity contribution in [3.8, 4) is 0 Å². The number of phosphoric acid groups is 1. The molecular formula is C23H38FN2O11P. The lowest BCUT2D eigenvalue weighted by Crippen LogP contribution is -2.46. The van der Waals surface area contributed by atoms with E-state index in [0.717, 1.165) is 0 Å². The van der Waals surface area contributed by atoms with Crippen LogP contribution in [0.5, 0.6) is 0 Å². The Hall–Kier alpha value is -2.06. The number of aliphatic hydroxyl groups is 2. The van der Waals surface area contributed by atoms with Crippen LogP contribution < -0.4 is 5.32 Å². The van der Waals surface area contributed by atoms with Gasteiger partial charge in [0.05, 0.1) is 17.4 Å². The first-order valence-corrected chi connectivity index (χ1v) is 13.2. The number of nitrogens with one attached hydrogen (secondary N) is 1. The van der Waals surface area contributed by atoms with Gasteiger partial charge < -0.3 is 34.6 Å². The van der Waals surface area contributed by atoms with E-state index in [1.807, 2.05) is 0 Å². The van der Waals surface area contributed by atoms with E-state index in [1.54, 1.807) is 41.5 Å². The van der Waals surface area contributed by atoms with Crippen molar-refractivity contribution in [1.29, 1.82) is 0 Å². The molecule has 0 bridgehead atoms. The van der Waals surface area contributed by atoms with Crippen molar-refractivity contribution in [3.05, 3.63) is 24.7 Å². The van der Waals surface area contributed by atoms with Gasteiger partial charge in [-0.05, 0) is 54.5 Å². The Morgan fingerprint density at radius 1 is 1.11 bits per heavy atom. The van der Waals surface area contributed by atoms with Gasteiger partial charge in [0.25, 0.3) is 0 Å². The van der Waals surface area contributed by atoms with Crippen LogP contribution in [0.1, 0.15) is 48.5 Å². The van der Waals surface area contributed by atoms with Crippen LogP contribution in [-0.2, 0) is 41.9 Å². The molecule has 2 heterocycles. The van der Waals surface area contributed by atoms with Crippen molar-refractivity contribution in [2.24, 2.45) is 10.8 Å². The molecule has 0 aromatic carbocycles. The number of carbonyl (C=O) groups is 2. The molecule has 218 valence electrons. The molecule has 3 N–H and O–H groups in total. The van der Waals surface area contributed by atoms with Crippen molar-refractivity contribution in [1.82, 2.24) is 10.2 Å². The third-order valence-corrected chi connectivity index (χ3v) is 6.74. The number of phosphoric ester groups is 1. The van der Waals surface area contributed by atoms with Gasteiger partial charge >= 0.3 is 19.8 Å². The molecule has 2 aliphatic heterocycles. The van der Waals surface area contributed by atoms with Crippen LogP contribution in [0.4, 0.5) is 4.39 Å². The summed E-state index contributed by atoms with van der Waals surface area (Å²) in [6.07, 6.45) is -3.47. The minimum atomic E-state index is -4.61. The standard InChI is InChI=1S/C23H38FN2O11P/c1-14-25-15(27)9-10-26(14)18-16(24)17(28)23(8,37-18)11-34-38(31,35-12-32-19(29)21(2,3)4)36-13-33-20(30)22(5,6)7/h9-10,15-18,25,27-28H,1,11-13H2,2-8H3/t15?,16-,17+,18-,23-/m1/s1. The maximum atomic E-state index is 15.1. The second kappa shape index (κ2) is 12.0. The maximum Gasteiger partial charge on any atom is 0.480 e. The molecule has 13 nitrogen and oxygen atoms in total. The quantitative estimate of drug-likeness (QED) is 0.200. The van der Waals surface area contributed by atoms with Crippen molar-refractivity contribution in [2.75, 3.05) is 20.2 Å². The number of aliphatic hydroxyl groups excluding tert-OH is 2. The van der Waals surface area contributed by atoms with Gasteiger partial charge in [-0.1, -0.05) is 6.58 Å². The van der Waals surface area contributed by atoms with E-state index < -0.39 is 81.1 Å². The maximum absolute atomic E-state index is 15.1. The molecule has 0 amide bonds. The number of ether oxygens (including phenoxy) is 3. The van der Waals surface area contributed by atoms with Gasteiger partial charge in [0, 0.05) is 6.20 Å². The fraction of sp³-hybridized carbons (Fsp3) is 0.739. The third kappa shape index (κ3) is 8.22. The topological polar surface area (TPSA) is 162 Å². The number of rotatable bonds is 10. The highest BCUT2D eigenvalue weighted by Gasteiger charge is 2.55. The second-order valence-corrected chi connectivity index (χ2v) is 12.7. The average Bonchev–Trinajstić information content (AvgIpc) is 3.01. The number of esters is 2. The Morgan fingerprint density at radius 3 is 2.05 bits per heavy atom. The van der Waals surface area contributed by atoms with Crippen LogP contribution in [0.2, 0.25) is 0 Å². The van der Waals surface area contributed by atoms with E-state index in [-0.39, 0.29) is 5.82 Å². The first kappa shape index (κ1) is 32.2. The summed E-state index contributed by atoms with van der Waals surface area (Å²) in [6.45, 7) is 12.2. The van der Waals surface area contributed by atoms with Gasteiger partial charge in [-0.2, -0.15) is 0 Å². The molecular weight excluding hydrogens is 530 g/mol. The van der Waals surface area contributed by atoms with Gasteiger partial charge in [-0.25, -0.2) is 18.0 Å². The predicted molar refractivity (Wildman–Crippen MR) is 130 cm³/mol. The largest absolute Gasteiger partial charge is 0.480 e. The molecule has 15 heteroatoms. The fourth-order valence-corrected chi connectivity index (χ4v) is 4.07. The molecule has 38 heavy (non-hydrogen) atoms. The normalized spacial score (nSPS) is 28.3. The minimum Gasteiger partial charge on any atom is -0.437 e. The molecule has 1 unspecified atom stereocenters. The fourth-order valence-electron chi connectivity index (χ4n) is 3.07. The van der Waals surface area contributed by atoms with Crippen LogP contribution in [0.25, 0.3) is 0 Å². The molecule has 0 radical (unpaired) electrons. The van der Waals surface area contributed by atoms with Crippen LogP contribution in [0, 0.1) is 10.8 Å². The summed E-state index contributed by atoms with van der Waals surface area (Å²) in [5.74, 6) is -1.22. The van der Waals surface area contributed by atoms with E-state index in [9.17, 15) is 24.4 Å². The SMILES string of the molecule is C=C1NC(O)C=CN1[C@@H]1O[C@](C)(COP(=O)(OCOC(=O)C(C)(C)C)OCOC(=O)C(C)(C)C)[C@@H](O)[C@H]1F. The Kier molecular flexibility index (Phi) is 10.1. The molecule has 0 spiro atoms. The van der Waals surface area contributed by atoms with Gasteiger partial charge in [0.1, 0.15) is 23.8 Å². The number of nitrogens with zero attached hydrogens (tertiary/aromatic N) is 1. The number of hydrogen-bond acceptors (Lipinski definition) is 13. The third-order valence-electron chi connectivity index (χ3n) is 5.45. The Bertz CT molecular complexity index is 928. The van der Waals surface area contributed by atoms with Gasteiger partial charge in [0.2, 0.25) is 13.6 Å². The van der Waals surface area contributed by atoms with Crippen molar-refractivity contribution >= 4 is 19.8 Å². The number of carbonyl (C=O) groups excluding carboxylic acids is 2. The van der Waals surface area contributed by atoms with E-state index in [2.05, 4.69) is 11.9 Å². The molecule has 1 saturated heterocycles. The van der Waals surface area contributed by atoms with E-state index in [0.29, 0.717) is 0 Å². The lowest BCUT2D eigenvalue weighted by Gasteiger charge is -2.35. The van der Waals surface area contributed by atoms with Gasteiger partial charge in [-0.3, -0.25) is 14.1 Å². The molecule has 2 rings (SSSR count). The van der Waals surface area contributed by atoms with Crippen molar-refractivity contribution < 1.29 is 56.5 Å². The molecule has 0 aromatic heterocycles. The average molecular weight is 569 g/mol. The first-order valence-electron chi connectivity index (χ1n) is 11.8. The Balaban J connectivity index is 2.12. The van der Waals surface area contributed by atoms with E-state index in [1.165, 1.54) is 24.1 Å². The van der Waals surface area contributed by atoms with E-state index in [4.69, 9.17) is 27.8 Å². The predicted octanol–water partition coefficient (Wildman–Crippen LogP) is 2.26. The van der Waals surface area contributed by atoms with Crippen LogP contribution >= 0.6 is 7.82 Å². The van der Waals surface area contributed by atoms with Crippen LogP contribution in [-0.4, -0.2) is 77.6 Å². The first-order chi connectivity index (χ1) is 17.3. The molecule has 0 saturated carbocycles. The lowest BCUT2D eigenvalue weighted by molar-refractivity contribution is -0.165. The molecule has 1 fully saturated rings. The van der Waals surface area contributed by atoms with Crippen LogP contribution in [0.3, 0.4) is 0 Å². The highest BCUT2D eigenvalue weighted by Crippen LogP contribution is 2.51. The van der Waals surface area contributed by atoms with Crippen molar-refractivity contribution in [2.45, 2.75) is 78.8 Å². The summed E-state index contributed by atoms with van der Waals surface area (Å²) in [5, 5.41) is 22.8. The van der Waals surface area contributed by atoms with Gasteiger partial charge in [0.15, 0.2) is 12.4 Å². The molecule has 0 aliphatic carbocycles. The zero-order valence-electron chi connectivity index (χ0n) is 22.6. The lowest BCUT2D eigenvalue weighted by atomic mass is 9.98. The molecule has 5 atom stereocenters. The summed E-state index contributed by atoms with van der Waals surface area (Å²) in [4.78, 5) is 25.3. The number of alkyl halides is 1. The summed E-state index contributed by atoms with van der Waals surface area (Å²) in [5.41, 5.74) is -3.52. The Morgan fingerprint density at radius 2 is 1.61 bits per heavy atom. The molecule has 0 aromatic rings. The summed E-state index contributed by atoms with van der Waals surface area (Å²) >= 11 is 0. The minimum absolute atomic E-state index is 0.115.